The first kappa shape index (κ1) is 17.6. The molecule has 0 aliphatic heterocycles. The first-order valence-corrected chi connectivity index (χ1v) is 6.93. The molecule has 1 N–H and O–H groups in total. The van der Waals surface area contributed by atoms with Crippen LogP contribution in [-0.4, -0.2) is 29.8 Å². The predicted molar refractivity (Wildman–Crippen MR) is 79.3 cm³/mol. The number of rotatable bonds is 5. The number of anilines is 1. The molecule has 116 valence electrons. The lowest BCUT2D eigenvalue weighted by Crippen LogP contribution is -2.39. The second-order valence-corrected chi connectivity index (χ2v) is 5.63. The number of benzene rings is 1. The van der Waals surface area contributed by atoms with Crippen LogP contribution in [0.2, 0.25) is 0 Å². The summed E-state index contributed by atoms with van der Waals surface area (Å²) in [7, 11) is 0. The molecule has 0 heterocycles. The van der Waals surface area contributed by atoms with E-state index in [0.29, 0.717) is 15.7 Å². The molecule has 0 saturated carbocycles. The van der Waals surface area contributed by atoms with Gasteiger partial charge in [-0.1, -0.05) is 15.9 Å². The average molecular weight is 366 g/mol. The van der Waals surface area contributed by atoms with Crippen LogP contribution in [0.3, 0.4) is 0 Å². The van der Waals surface area contributed by atoms with Crippen LogP contribution in [0.4, 0.5) is 18.9 Å². The van der Waals surface area contributed by atoms with E-state index in [0.717, 1.165) is 6.08 Å². The standard InChI is InChI=1S/C14H15BrF3NO2/c1-9(2)19(8-14(16,17)18)12-5-4-11(15)7-10(12)3-6-13(20)21/h3-7,9H,8H2,1-2H3,(H,20,21)/b6-3+. The maximum Gasteiger partial charge on any atom is 0.405 e. The molecule has 0 atom stereocenters. The van der Waals surface area contributed by atoms with E-state index < -0.39 is 18.7 Å². The summed E-state index contributed by atoms with van der Waals surface area (Å²) in [5, 5.41) is 8.68. The van der Waals surface area contributed by atoms with Crippen molar-refractivity contribution in [3.8, 4) is 0 Å². The Morgan fingerprint density at radius 3 is 2.52 bits per heavy atom. The maximum absolute atomic E-state index is 12.7. The molecule has 0 amide bonds. The maximum atomic E-state index is 12.7. The zero-order valence-electron chi connectivity index (χ0n) is 11.5. The minimum atomic E-state index is -4.34. The van der Waals surface area contributed by atoms with Crippen LogP contribution < -0.4 is 4.90 Å². The van der Waals surface area contributed by atoms with Crippen molar-refractivity contribution in [2.45, 2.75) is 26.1 Å². The Kier molecular flexibility index (Phi) is 5.83. The largest absolute Gasteiger partial charge is 0.478 e. The zero-order valence-corrected chi connectivity index (χ0v) is 13.1. The Bertz CT molecular complexity index is 542. The second kappa shape index (κ2) is 6.98. The van der Waals surface area contributed by atoms with E-state index in [1.807, 2.05) is 0 Å². The van der Waals surface area contributed by atoms with Crippen molar-refractivity contribution in [3.63, 3.8) is 0 Å². The summed E-state index contributed by atoms with van der Waals surface area (Å²) >= 11 is 3.23. The molecule has 0 saturated heterocycles. The van der Waals surface area contributed by atoms with Crippen LogP contribution in [0.1, 0.15) is 19.4 Å². The zero-order chi connectivity index (χ0) is 16.2. The number of nitrogens with zero attached hydrogens (tertiary/aromatic N) is 1. The van der Waals surface area contributed by atoms with Gasteiger partial charge in [0.25, 0.3) is 0 Å². The lowest BCUT2D eigenvalue weighted by molar-refractivity contribution is -0.131. The van der Waals surface area contributed by atoms with Crippen molar-refractivity contribution in [2.24, 2.45) is 0 Å². The molecule has 0 unspecified atom stereocenters. The van der Waals surface area contributed by atoms with Gasteiger partial charge in [-0.3, -0.25) is 0 Å². The first-order valence-electron chi connectivity index (χ1n) is 6.14. The van der Waals surface area contributed by atoms with Gasteiger partial charge in [0.2, 0.25) is 0 Å². The highest BCUT2D eigenvalue weighted by Gasteiger charge is 2.32. The number of carboxylic acid groups (broad SMARTS) is 1. The molecule has 0 aromatic heterocycles. The minimum Gasteiger partial charge on any atom is -0.478 e. The summed E-state index contributed by atoms with van der Waals surface area (Å²) in [6.45, 7) is 2.21. The van der Waals surface area contributed by atoms with E-state index in [2.05, 4.69) is 15.9 Å². The van der Waals surface area contributed by atoms with Gasteiger partial charge < -0.3 is 10.0 Å². The molecular weight excluding hydrogens is 351 g/mol. The summed E-state index contributed by atoms with van der Waals surface area (Å²) in [4.78, 5) is 11.8. The van der Waals surface area contributed by atoms with Crippen molar-refractivity contribution in [1.29, 1.82) is 0 Å². The van der Waals surface area contributed by atoms with Crippen LogP contribution in [0.5, 0.6) is 0 Å². The third-order valence-corrected chi connectivity index (χ3v) is 3.17. The molecule has 7 heteroatoms. The summed E-state index contributed by atoms with van der Waals surface area (Å²) in [5.74, 6) is -1.16. The van der Waals surface area contributed by atoms with Gasteiger partial charge in [0.15, 0.2) is 0 Å². The van der Waals surface area contributed by atoms with Crippen molar-refractivity contribution >= 4 is 33.7 Å². The van der Waals surface area contributed by atoms with Gasteiger partial charge >= 0.3 is 12.1 Å². The number of hydrogen-bond acceptors (Lipinski definition) is 2. The van der Waals surface area contributed by atoms with E-state index in [9.17, 15) is 18.0 Å². The van der Waals surface area contributed by atoms with Crippen LogP contribution in [0.25, 0.3) is 6.08 Å². The average Bonchev–Trinajstić information content (AvgIpc) is 2.32. The smallest absolute Gasteiger partial charge is 0.405 e. The monoisotopic (exact) mass is 365 g/mol. The van der Waals surface area contributed by atoms with Crippen LogP contribution in [-0.2, 0) is 4.79 Å². The van der Waals surface area contributed by atoms with Crippen LogP contribution >= 0.6 is 15.9 Å². The van der Waals surface area contributed by atoms with Crippen LogP contribution in [0, 0.1) is 0 Å². The summed E-state index contributed by atoms with van der Waals surface area (Å²) in [5.41, 5.74) is 0.743. The van der Waals surface area contributed by atoms with Gasteiger partial charge in [0.05, 0.1) is 0 Å². The third kappa shape index (κ3) is 5.79. The van der Waals surface area contributed by atoms with E-state index in [1.165, 1.54) is 17.0 Å². The molecule has 0 bridgehead atoms. The molecule has 3 nitrogen and oxygen atoms in total. The minimum absolute atomic E-state index is 0.336. The van der Waals surface area contributed by atoms with Gasteiger partial charge in [0, 0.05) is 22.3 Å². The Morgan fingerprint density at radius 1 is 1.43 bits per heavy atom. The highest BCUT2D eigenvalue weighted by Crippen LogP contribution is 2.30. The predicted octanol–water partition coefficient (Wildman–Crippen LogP) is 4.32. The van der Waals surface area contributed by atoms with E-state index in [-0.39, 0.29) is 6.04 Å². The lowest BCUT2D eigenvalue weighted by atomic mass is 10.1. The first-order chi connectivity index (χ1) is 9.60. The molecule has 21 heavy (non-hydrogen) atoms. The quantitative estimate of drug-likeness (QED) is 0.789. The third-order valence-electron chi connectivity index (χ3n) is 2.68. The van der Waals surface area contributed by atoms with E-state index in [4.69, 9.17) is 5.11 Å². The summed E-state index contributed by atoms with van der Waals surface area (Å²) < 4.78 is 38.8. The molecular formula is C14H15BrF3NO2. The number of alkyl halides is 3. The SMILES string of the molecule is CC(C)N(CC(F)(F)F)c1ccc(Br)cc1/C=C/C(=O)O. The molecule has 1 rings (SSSR count). The Labute approximate surface area is 129 Å². The highest BCUT2D eigenvalue weighted by atomic mass is 79.9. The fourth-order valence-corrected chi connectivity index (χ4v) is 2.20. The number of carbonyl (C=O) groups is 1. The Balaban J connectivity index is 3.27. The molecule has 0 fully saturated rings. The van der Waals surface area contributed by atoms with Gasteiger partial charge in [-0.2, -0.15) is 13.2 Å². The molecule has 1 aromatic carbocycles. The fraction of sp³-hybridized carbons (Fsp3) is 0.357. The van der Waals surface area contributed by atoms with Crippen molar-refractivity contribution in [1.82, 2.24) is 0 Å². The fourth-order valence-electron chi connectivity index (χ4n) is 1.82. The van der Waals surface area contributed by atoms with Gasteiger partial charge in [0.1, 0.15) is 6.54 Å². The van der Waals surface area contributed by atoms with Crippen LogP contribution in [0.15, 0.2) is 28.7 Å². The molecule has 0 radical (unpaired) electrons. The van der Waals surface area contributed by atoms with E-state index in [1.54, 1.807) is 26.0 Å². The lowest BCUT2D eigenvalue weighted by Gasteiger charge is -2.31. The van der Waals surface area contributed by atoms with Crippen molar-refractivity contribution in [3.05, 3.63) is 34.3 Å². The van der Waals surface area contributed by atoms with E-state index >= 15 is 0 Å². The summed E-state index contributed by atoms with van der Waals surface area (Å²) in [6.07, 6.45) is -2.16. The number of aliphatic carboxylic acids is 1. The molecule has 0 aliphatic carbocycles. The summed E-state index contributed by atoms with van der Waals surface area (Å²) in [6, 6.07) is 4.36. The normalized spacial score (nSPS) is 12.1. The van der Waals surface area contributed by atoms with Gasteiger partial charge in [-0.15, -0.1) is 0 Å². The van der Waals surface area contributed by atoms with Gasteiger partial charge in [-0.25, -0.2) is 4.79 Å². The van der Waals surface area contributed by atoms with Gasteiger partial charge in [-0.05, 0) is 43.7 Å². The molecule has 0 spiro atoms. The second-order valence-electron chi connectivity index (χ2n) is 4.71. The Hall–Kier alpha value is -1.50. The highest BCUT2D eigenvalue weighted by molar-refractivity contribution is 9.10. The topological polar surface area (TPSA) is 40.5 Å². The number of carboxylic acids is 1. The van der Waals surface area contributed by atoms with Crippen molar-refractivity contribution < 1.29 is 23.1 Å². The molecule has 1 aromatic rings. The number of halogens is 4. The molecule has 0 aliphatic rings. The van der Waals surface area contributed by atoms with Crippen molar-refractivity contribution in [2.75, 3.05) is 11.4 Å². The Morgan fingerprint density at radius 2 is 2.05 bits per heavy atom. The number of hydrogen-bond donors (Lipinski definition) is 1.